The third kappa shape index (κ3) is 8.69. The van der Waals surface area contributed by atoms with Crippen molar-refractivity contribution in [3.8, 4) is 0 Å². The van der Waals surface area contributed by atoms with Gasteiger partial charge in [-0.1, -0.05) is 40.2 Å². The van der Waals surface area contributed by atoms with Crippen molar-refractivity contribution in [1.29, 1.82) is 0 Å². The lowest BCUT2D eigenvalue weighted by Crippen LogP contribution is -2.45. The average molecular weight is 556 g/mol. The van der Waals surface area contributed by atoms with E-state index in [1.807, 2.05) is 26.0 Å². The number of carbonyl (C=O) groups excluding carboxylic acids is 2. The molecule has 2 heterocycles. The number of likely N-dealkylation sites (tertiary alicyclic amines) is 1. The zero-order chi connectivity index (χ0) is 29.3. The fourth-order valence-corrected chi connectivity index (χ4v) is 5.39. The van der Waals surface area contributed by atoms with Crippen LogP contribution in [0.1, 0.15) is 85.6 Å². The first-order chi connectivity index (χ1) is 19.0. The van der Waals surface area contributed by atoms with Gasteiger partial charge in [0.25, 0.3) is 0 Å². The number of anilines is 1. The molecule has 0 atom stereocenters. The lowest BCUT2D eigenvalue weighted by molar-refractivity contribution is -0.138. The fraction of sp³-hybridized carbons (Fsp3) is 0.719. The number of carbonyl (C=O) groups is 2. The third-order valence-electron chi connectivity index (χ3n) is 8.17. The standard InChI is InChI=1S/C32H53N5O3/c1-24(2)14-20-36(21-15-25(3)4)30(39)32(5,6)26-12-13-27-28(22-26)37(31(34-27)33-23-29(38)40-7)19-11-18-35-16-9-8-10-17-35/h12-13,22,24-25H,8-11,14-21,23H2,1-7H3,(H,33,34). The van der Waals surface area contributed by atoms with Gasteiger partial charge in [-0.25, -0.2) is 4.98 Å². The Kier molecular flexibility index (Phi) is 11.9. The highest BCUT2D eigenvalue weighted by Crippen LogP contribution is 2.31. The summed E-state index contributed by atoms with van der Waals surface area (Å²) in [5.41, 5.74) is 2.15. The van der Waals surface area contributed by atoms with Crippen LogP contribution in [-0.2, 0) is 26.3 Å². The number of amides is 1. The predicted molar refractivity (Wildman–Crippen MR) is 164 cm³/mol. The summed E-state index contributed by atoms with van der Waals surface area (Å²) in [6, 6.07) is 6.18. The Hall–Kier alpha value is -2.61. The molecule has 8 nitrogen and oxygen atoms in total. The molecule has 1 aromatic heterocycles. The summed E-state index contributed by atoms with van der Waals surface area (Å²) in [4.78, 5) is 35.3. The Balaban J connectivity index is 1.89. The van der Waals surface area contributed by atoms with E-state index in [1.54, 1.807) is 0 Å². The van der Waals surface area contributed by atoms with Crippen LogP contribution < -0.4 is 5.32 Å². The molecule has 0 saturated carbocycles. The van der Waals surface area contributed by atoms with Crippen molar-refractivity contribution in [3.05, 3.63) is 23.8 Å². The minimum atomic E-state index is -0.676. The minimum Gasteiger partial charge on any atom is -0.468 e. The number of esters is 1. The molecule has 1 N–H and O–H groups in total. The van der Waals surface area contributed by atoms with Crippen LogP contribution in [0.2, 0.25) is 0 Å². The number of benzene rings is 1. The summed E-state index contributed by atoms with van der Waals surface area (Å²) in [7, 11) is 1.39. The first kappa shape index (κ1) is 31.9. The van der Waals surface area contributed by atoms with Crippen molar-refractivity contribution < 1.29 is 14.3 Å². The van der Waals surface area contributed by atoms with Crippen molar-refractivity contribution in [2.75, 3.05) is 51.7 Å². The number of piperidine rings is 1. The smallest absolute Gasteiger partial charge is 0.325 e. The summed E-state index contributed by atoms with van der Waals surface area (Å²) in [6.45, 7) is 18.7. The van der Waals surface area contributed by atoms with Crippen molar-refractivity contribution in [3.63, 3.8) is 0 Å². The van der Waals surface area contributed by atoms with Crippen LogP contribution in [0.15, 0.2) is 18.2 Å². The molecular weight excluding hydrogens is 502 g/mol. The number of hydrogen-bond donors (Lipinski definition) is 1. The van der Waals surface area contributed by atoms with Crippen LogP contribution in [-0.4, -0.2) is 77.6 Å². The van der Waals surface area contributed by atoms with Crippen molar-refractivity contribution in [2.45, 2.75) is 92.0 Å². The van der Waals surface area contributed by atoms with Crippen LogP contribution in [0.25, 0.3) is 11.0 Å². The number of hydrogen-bond acceptors (Lipinski definition) is 6. The van der Waals surface area contributed by atoms with Crippen LogP contribution in [0.3, 0.4) is 0 Å². The van der Waals surface area contributed by atoms with E-state index in [-0.39, 0.29) is 18.4 Å². The molecule has 8 heteroatoms. The van der Waals surface area contributed by atoms with Crippen LogP contribution in [0.5, 0.6) is 0 Å². The lowest BCUT2D eigenvalue weighted by Gasteiger charge is -2.33. The van der Waals surface area contributed by atoms with Gasteiger partial charge >= 0.3 is 5.97 Å². The van der Waals surface area contributed by atoms with Gasteiger partial charge in [0.15, 0.2) is 0 Å². The number of aryl methyl sites for hydroxylation is 1. The summed E-state index contributed by atoms with van der Waals surface area (Å²) in [5, 5.41) is 3.18. The van der Waals surface area contributed by atoms with Crippen molar-refractivity contribution >= 4 is 28.9 Å². The zero-order valence-electron chi connectivity index (χ0n) is 26.1. The largest absolute Gasteiger partial charge is 0.468 e. The van der Waals surface area contributed by atoms with E-state index in [9.17, 15) is 9.59 Å². The quantitative estimate of drug-likeness (QED) is 0.284. The van der Waals surface area contributed by atoms with Crippen LogP contribution >= 0.6 is 0 Å². The van der Waals surface area contributed by atoms with Gasteiger partial charge in [0, 0.05) is 19.6 Å². The molecule has 3 rings (SSSR count). The molecular formula is C32H53N5O3. The van der Waals surface area contributed by atoms with Crippen molar-refractivity contribution in [1.82, 2.24) is 19.4 Å². The van der Waals surface area contributed by atoms with Gasteiger partial charge in [0.05, 0.1) is 23.6 Å². The molecule has 1 aromatic carbocycles. The van der Waals surface area contributed by atoms with Gasteiger partial charge in [0.1, 0.15) is 6.54 Å². The lowest BCUT2D eigenvalue weighted by atomic mass is 9.82. The Morgan fingerprint density at radius 3 is 2.27 bits per heavy atom. The van der Waals surface area contributed by atoms with E-state index >= 15 is 0 Å². The highest BCUT2D eigenvalue weighted by Gasteiger charge is 2.34. The van der Waals surface area contributed by atoms with Gasteiger partial charge in [-0.05, 0) is 95.1 Å². The molecule has 1 aliphatic heterocycles. The topological polar surface area (TPSA) is 79.7 Å². The second kappa shape index (κ2) is 14.9. The van der Waals surface area contributed by atoms with E-state index < -0.39 is 5.41 Å². The molecule has 0 spiro atoms. The molecule has 0 bridgehead atoms. The molecule has 1 saturated heterocycles. The second-order valence-corrected chi connectivity index (χ2v) is 12.8. The maximum absolute atomic E-state index is 14.0. The maximum Gasteiger partial charge on any atom is 0.325 e. The maximum atomic E-state index is 14.0. The number of rotatable bonds is 15. The number of fused-ring (bicyclic) bond motifs is 1. The molecule has 0 radical (unpaired) electrons. The summed E-state index contributed by atoms with van der Waals surface area (Å²) in [6.07, 6.45) is 6.86. The van der Waals surface area contributed by atoms with Gasteiger partial charge < -0.3 is 24.4 Å². The van der Waals surface area contributed by atoms with Gasteiger partial charge in [-0.2, -0.15) is 0 Å². The molecule has 2 aromatic rings. The SMILES string of the molecule is COC(=O)CNc1nc2ccc(C(C)(C)C(=O)N(CCC(C)C)CCC(C)C)cc2n1CCCN1CCCCC1. The minimum absolute atomic E-state index is 0.0590. The van der Waals surface area contributed by atoms with E-state index in [0.29, 0.717) is 17.8 Å². The number of nitrogens with one attached hydrogen (secondary N) is 1. The molecule has 1 aliphatic rings. The molecule has 224 valence electrons. The van der Waals surface area contributed by atoms with E-state index in [0.717, 1.165) is 62.0 Å². The van der Waals surface area contributed by atoms with E-state index in [1.165, 1.54) is 39.5 Å². The van der Waals surface area contributed by atoms with Gasteiger partial charge in [-0.15, -0.1) is 0 Å². The fourth-order valence-electron chi connectivity index (χ4n) is 5.39. The molecule has 40 heavy (non-hydrogen) atoms. The molecule has 1 fully saturated rings. The summed E-state index contributed by atoms with van der Waals surface area (Å²) < 4.78 is 7.01. The molecule has 0 unspecified atom stereocenters. The van der Waals surface area contributed by atoms with Gasteiger partial charge in [0.2, 0.25) is 11.9 Å². The zero-order valence-corrected chi connectivity index (χ0v) is 26.1. The molecule has 1 amide bonds. The number of imidazole rings is 1. The van der Waals surface area contributed by atoms with Crippen molar-refractivity contribution in [2.24, 2.45) is 11.8 Å². The number of aromatic nitrogens is 2. The Morgan fingerprint density at radius 1 is 1.02 bits per heavy atom. The third-order valence-corrected chi connectivity index (χ3v) is 8.17. The van der Waals surface area contributed by atoms with Crippen LogP contribution in [0.4, 0.5) is 5.95 Å². The van der Waals surface area contributed by atoms with E-state index in [2.05, 4.69) is 53.4 Å². The predicted octanol–water partition coefficient (Wildman–Crippen LogP) is 5.70. The highest BCUT2D eigenvalue weighted by atomic mass is 16.5. The monoisotopic (exact) mass is 555 g/mol. The second-order valence-electron chi connectivity index (χ2n) is 12.8. The average Bonchev–Trinajstić information content (AvgIpc) is 3.28. The summed E-state index contributed by atoms with van der Waals surface area (Å²) in [5.74, 6) is 1.60. The first-order valence-corrected chi connectivity index (χ1v) is 15.4. The Bertz CT molecular complexity index is 1090. The first-order valence-electron chi connectivity index (χ1n) is 15.4. The highest BCUT2D eigenvalue weighted by molar-refractivity contribution is 5.89. The summed E-state index contributed by atoms with van der Waals surface area (Å²) >= 11 is 0. The van der Waals surface area contributed by atoms with E-state index in [4.69, 9.17) is 9.72 Å². The normalized spacial score (nSPS) is 14.7. The number of methoxy groups -OCH3 is 1. The Morgan fingerprint density at radius 2 is 1.68 bits per heavy atom. The number of ether oxygens (including phenoxy) is 1. The number of nitrogens with zero attached hydrogens (tertiary/aromatic N) is 4. The van der Waals surface area contributed by atoms with Gasteiger partial charge in [-0.3, -0.25) is 9.59 Å². The Labute approximate surface area is 241 Å². The van der Waals surface area contributed by atoms with Crippen LogP contribution in [0, 0.1) is 11.8 Å². The molecule has 0 aliphatic carbocycles.